The second kappa shape index (κ2) is 14.7. The fourth-order valence-electron chi connectivity index (χ4n) is 0.713. The van der Waals surface area contributed by atoms with Crippen LogP contribution in [0.3, 0.4) is 0 Å². The van der Waals surface area contributed by atoms with Crippen molar-refractivity contribution in [1.29, 1.82) is 0 Å². The molecule has 2 atom stereocenters. The standard InChI is InChI=1S/C8H14O6.2HNO3/c1-3-13-7(11)5(9)6(10)8(12)14-4-2;2*2-1(3)4/h5-6,9-10H,3-4H2,1-2H3;2*(H,2,3,4). The summed E-state index contributed by atoms with van der Waals surface area (Å²) in [5.74, 6) is -2.10. The fraction of sp³-hybridized carbons (Fsp3) is 0.750. The Morgan fingerprint density at radius 3 is 1.23 bits per heavy atom. The Morgan fingerprint density at radius 2 is 1.09 bits per heavy atom. The van der Waals surface area contributed by atoms with Gasteiger partial charge in [0, 0.05) is 0 Å². The largest absolute Gasteiger partial charge is 0.464 e. The molecule has 0 aliphatic carbocycles. The average molecular weight is 332 g/mol. The van der Waals surface area contributed by atoms with Crippen LogP contribution in [-0.2, 0) is 19.1 Å². The Balaban J connectivity index is -0.000000372. The molecule has 0 saturated carbocycles. The van der Waals surface area contributed by atoms with Crippen molar-refractivity contribution in [2.45, 2.75) is 26.1 Å². The third-order valence-electron chi connectivity index (χ3n) is 1.36. The van der Waals surface area contributed by atoms with Crippen LogP contribution in [0.15, 0.2) is 0 Å². The SMILES string of the molecule is CCOC(=O)C(O)C(O)C(=O)OCC.O=[N+]([O-])O.O=[N+]([O-])O. The van der Waals surface area contributed by atoms with Crippen LogP contribution in [-0.4, -0.2) is 68.2 Å². The quantitative estimate of drug-likeness (QED) is 0.247. The van der Waals surface area contributed by atoms with Crippen LogP contribution >= 0.6 is 0 Å². The normalized spacial score (nSPS) is 11.3. The van der Waals surface area contributed by atoms with E-state index in [1.165, 1.54) is 0 Å². The van der Waals surface area contributed by atoms with Crippen molar-refractivity contribution in [2.75, 3.05) is 13.2 Å². The molecular weight excluding hydrogens is 316 g/mol. The zero-order valence-electron chi connectivity index (χ0n) is 11.5. The summed E-state index contributed by atoms with van der Waals surface area (Å²) in [5, 5.41) is 45.5. The molecule has 0 spiro atoms. The van der Waals surface area contributed by atoms with E-state index in [0.29, 0.717) is 0 Å². The number of aliphatic hydroxyl groups is 2. The molecule has 0 heterocycles. The van der Waals surface area contributed by atoms with E-state index in [2.05, 4.69) is 9.47 Å². The minimum absolute atomic E-state index is 0.0610. The summed E-state index contributed by atoms with van der Waals surface area (Å²) >= 11 is 0. The lowest BCUT2D eigenvalue weighted by atomic mass is 10.2. The molecule has 14 nitrogen and oxygen atoms in total. The van der Waals surface area contributed by atoms with Crippen molar-refractivity contribution in [2.24, 2.45) is 0 Å². The van der Waals surface area contributed by atoms with E-state index in [0.717, 1.165) is 0 Å². The van der Waals surface area contributed by atoms with Crippen LogP contribution in [0.25, 0.3) is 0 Å². The first kappa shape index (κ1) is 24.3. The van der Waals surface area contributed by atoms with Gasteiger partial charge in [-0.3, -0.25) is 0 Å². The van der Waals surface area contributed by atoms with Gasteiger partial charge < -0.3 is 30.1 Å². The van der Waals surface area contributed by atoms with E-state index in [1.807, 2.05) is 0 Å². The van der Waals surface area contributed by atoms with Gasteiger partial charge >= 0.3 is 11.9 Å². The summed E-state index contributed by atoms with van der Waals surface area (Å²) in [6.07, 6.45) is -3.79. The molecule has 0 saturated heterocycles. The van der Waals surface area contributed by atoms with E-state index in [9.17, 15) is 9.59 Å². The van der Waals surface area contributed by atoms with Crippen molar-refractivity contribution in [3.05, 3.63) is 20.2 Å². The Bertz CT molecular complexity index is 317. The van der Waals surface area contributed by atoms with Crippen molar-refractivity contribution in [1.82, 2.24) is 0 Å². The van der Waals surface area contributed by atoms with Crippen LogP contribution in [0, 0.1) is 20.2 Å². The maximum Gasteiger partial charge on any atom is 0.338 e. The van der Waals surface area contributed by atoms with Gasteiger partial charge in [-0.2, -0.15) is 0 Å². The Kier molecular flexibility index (Phi) is 16.2. The summed E-state index contributed by atoms with van der Waals surface area (Å²) in [7, 11) is 0. The van der Waals surface area contributed by atoms with Crippen LogP contribution in [0.2, 0.25) is 0 Å². The van der Waals surface area contributed by atoms with Gasteiger partial charge in [0.15, 0.2) is 12.2 Å². The van der Waals surface area contributed by atoms with Crippen molar-refractivity contribution in [3.8, 4) is 0 Å². The molecule has 22 heavy (non-hydrogen) atoms. The molecule has 0 aromatic carbocycles. The molecule has 0 amide bonds. The zero-order valence-corrected chi connectivity index (χ0v) is 11.5. The lowest BCUT2D eigenvalue weighted by Gasteiger charge is -2.14. The first-order chi connectivity index (χ1) is 10.0. The Morgan fingerprint density at radius 1 is 0.909 bits per heavy atom. The molecule has 14 heteroatoms. The summed E-state index contributed by atoms with van der Waals surface area (Å²) < 4.78 is 8.79. The molecule has 2 unspecified atom stereocenters. The van der Waals surface area contributed by atoms with Gasteiger partial charge in [0.1, 0.15) is 0 Å². The number of rotatable bonds is 5. The van der Waals surface area contributed by atoms with Gasteiger partial charge in [-0.05, 0) is 13.8 Å². The molecule has 0 aromatic rings. The minimum atomic E-state index is -1.89. The van der Waals surface area contributed by atoms with Crippen molar-refractivity contribution in [3.63, 3.8) is 0 Å². The highest BCUT2D eigenvalue weighted by Gasteiger charge is 2.32. The monoisotopic (exact) mass is 332 g/mol. The van der Waals surface area contributed by atoms with Crippen molar-refractivity contribution >= 4 is 11.9 Å². The van der Waals surface area contributed by atoms with Crippen LogP contribution < -0.4 is 0 Å². The number of aliphatic hydroxyl groups excluding tert-OH is 2. The number of hydrogen-bond acceptors (Lipinski definition) is 10. The molecule has 0 rings (SSSR count). The molecule has 0 aromatic heterocycles. The van der Waals surface area contributed by atoms with Crippen LogP contribution in [0.1, 0.15) is 13.8 Å². The third kappa shape index (κ3) is 19.6. The van der Waals surface area contributed by atoms with Crippen LogP contribution in [0.4, 0.5) is 0 Å². The summed E-state index contributed by atoms with van der Waals surface area (Å²) in [4.78, 5) is 38.4. The van der Waals surface area contributed by atoms with E-state index in [-0.39, 0.29) is 13.2 Å². The predicted octanol–water partition coefficient (Wildman–Crippen LogP) is -1.86. The first-order valence-electron chi connectivity index (χ1n) is 5.37. The molecule has 0 aliphatic heterocycles. The maximum atomic E-state index is 10.9. The molecule has 4 N–H and O–H groups in total. The molecule has 0 bridgehead atoms. The number of nitrogens with zero attached hydrogens (tertiary/aromatic N) is 2. The topological polar surface area (TPSA) is 220 Å². The minimum Gasteiger partial charge on any atom is -0.464 e. The lowest BCUT2D eigenvalue weighted by Crippen LogP contribution is -2.41. The second-order valence-electron chi connectivity index (χ2n) is 2.87. The molecule has 130 valence electrons. The Hall–Kier alpha value is -2.74. The smallest absolute Gasteiger partial charge is 0.338 e. The van der Waals surface area contributed by atoms with Gasteiger partial charge in [-0.15, -0.1) is 20.2 Å². The number of carbonyl (C=O) groups excluding carboxylic acids is 2. The number of ether oxygens (including phenoxy) is 2. The number of esters is 2. The maximum absolute atomic E-state index is 10.9. The highest BCUT2D eigenvalue weighted by Crippen LogP contribution is 1.99. The summed E-state index contributed by atoms with van der Waals surface area (Å²) in [6.45, 7) is 3.21. The van der Waals surface area contributed by atoms with Gasteiger partial charge in [0.2, 0.25) is 0 Å². The highest BCUT2D eigenvalue weighted by molar-refractivity contribution is 5.85. The fourth-order valence-corrected chi connectivity index (χ4v) is 0.713. The number of carbonyl (C=O) groups is 2. The van der Waals surface area contributed by atoms with Gasteiger partial charge in [-0.25, -0.2) is 9.59 Å². The molecular formula is C8H16N2O12. The molecule has 0 aliphatic rings. The molecule has 0 fully saturated rings. The van der Waals surface area contributed by atoms with Crippen molar-refractivity contribution < 1.29 is 49.9 Å². The van der Waals surface area contributed by atoms with Crippen LogP contribution in [0.5, 0.6) is 0 Å². The van der Waals surface area contributed by atoms with Gasteiger partial charge in [-0.1, -0.05) is 0 Å². The van der Waals surface area contributed by atoms with E-state index >= 15 is 0 Å². The van der Waals surface area contributed by atoms with E-state index < -0.39 is 34.3 Å². The highest BCUT2D eigenvalue weighted by atomic mass is 16.9. The second-order valence-corrected chi connectivity index (χ2v) is 2.87. The first-order valence-corrected chi connectivity index (χ1v) is 5.37. The van der Waals surface area contributed by atoms with E-state index in [4.69, 9.17) is 40.9 Å². The third-order valence-corrected chi connectivity index (χ3v) is 1.36. The number of hydrogen-bond donors (Lipinski definition) is 4. The van der Waals surface area contributed by atoms with E-state index in [1.54, 1.807) is 13.8 Å². The zero-order chi connectivity index (χ0) is 18.3. The lowest BCUT2D eigenvalue weighted by molar-refractivity contribution is -0.742. The Labute approximate surface area is 122 Å². The summed E-state index contributed by atoms with van der Waals surface area (Å²) in [5.41, 5.74) is 0. The average Bonchev–Trinajstić information content (AvgIpc) is 2.36. The molecule has 0 radical (unpaired) electrons. The van der Waals surface area contributed by atoms with Gasteiger partial charge in [0.25, 0.3) is 10.2 Å². The predicted molar refractivity (Wildman–Crippen MR) is 62.8 cm³/mol. The van der Waals surface area contributed by atoms with Gasteiger partial charge in [0.05, 0.1) is 13.2 Å². The summed E-state index contributed by atoms with van der Waals surface area (Å²) in [6, 6.07) is 0.